The van der Waals surface area contributed by atoms with Gasteiger partial charge in [0.25, 0.3) is 5.91 Å². The maximum Gasteiger partial charge on any atom is 0.251 e. The van der Waals surface area contributed by atoms with Crippen LogP contribution in [0.1, 0.15) is 48.2 Å². The van der Waals surface area contributed by atoms with Crippen molar-refractivity contribution in [3.8, 4) is 11.5 Å². The largest absolute Gasteiger partial charge is 0.496 e. The number of para-hydroxylation sites is 1. The van der Waals surface area contributed by atoms with E-state index in [0.29, 0.717) is 31.9 Å². The molecule has 2 rings (SSSR count). The van der Waals surface area contributed by atoms with Crippen LogP contribution in [0.5, 0.6) is 11.5 Å². The Bertz CT molecular complexity index is 730. The van der Waals surface area contributed by atoms with Gasteiger partial charge in [-0.1, -0.05) is 31.5 Å². The second-order valence-electron chi connectivity index (χ2n) is 6.16. The second-order valence-corrected chi connectivity index (χ2v) is 6.16. The molecule has 0 atom stereocenters. The van der Waals surface area contributed by atoms with Gasteiger partial charge in [-0.15, -0.1) is 0 Å². The molecule has 5 heteroatoms. The van der Waals surface area contributed by atoms with Crippen molar-refractivity contribution in [3.05, 3.63) is 59.2 Å². The van der Waals surface area contributed by atoms with E-state index >= 15 is 0 Å². The van der Waals surface area contributed by atoms with E-state index in [2.05, 4.69) is 12.2 Å². The molecule has 0 saturated heterocycles. The summed E-state index contributed by atoms with van der Waals surface area (Å²) >= 11 is 0. The SMILES string of the molecule is CCCCOCc1cc(C(=O)NCc2ccccc2OC)ccc1OCC. The van der Waals surface area contributed by atoms with Crippen molar-refractivity contribution in [2.24, 2.45) is 0 Å². The quantitative estimate of drug-likeness (QED) is 0.597. The predicted molar refractivity (Wildman–Crippen MR) is 106 cm³/mol. The molecule has 1 N–H and O–H groups in total. The molecule has 1 amide bonds. The van der Waals surface area contributed by atoms with Gasteiger partial charge in [0.15, 0.2) is 0 Å². The summed E-state index contributed by atoms with van der Waals surface area (Å²) < 4.78 is 16.7. The van der Waals surface area contributed by atoms with Gasteiger partial charge in [0.1, 0.15) is 11.5 Å². The summed E-state index contributed by atoms with van der Waals surface area (Å²) in [6.45, 7) is 6.17. The average molecular weight is 371 g/mol. The van der Waals surface area contributed by atoms with E-state index in [9.17, 15) is 4.79 Å². The van der Waals surface area contributed by atoms with Gasteiger partial charge in [-0.05, 0) is 37.6 Å². The van der Waals surface area contributed by atoms with Crippen molar-refractivity contribution < 1.29 is 19.0 Å². The smallest absolute Gasteiger partial charge is 0.251 e. The first-order chi connectivity index (χ1) is 13.2. The van der Waals surface area contributed by atoms with Gasteiger partial charge < -0.3 is 19.5 Å². The highest BCUT2D eigenvalue weighted by Gasteiger charge is 2.12. The van der Waals surface area contributed by atoms with E-state index in [0.717, 1.165) is 35.5 Å². The lowest BCUT2D eigenvalue weighted by Crippen LogP contribution is -2.23. The molecule has 0 unspecified atom stereocenters. The fraction of sp³-hybridized carbons (Fsp3) is 0.409. The topological polar surface area (TPSA) is 56.8 Å². The van der Waals surface area contributed by atoms with Crippen molar-refractivity contribution in [2.75, 3.05) is 20.3 Å². The van der Waals surface area contributed by atoms with Gasteiger partial charge in [0.2, 0.25) is 0 Å². The van der Waals surface area contributed by atoms with Gasteiger partial charge in [0, 0.05) is 29.8 Å². The Morgan fingerprint density at radius 3 is 2.59 bits per heavy atom. The van der Waals surface area contributed by atoms with Crippen LogP contribution >= 0.6 is 0 Å². The van der Waals surface area contributed by atoms with E-state index in [1.807, 2.05) is 43.3 Å². The van der Waals surface area contributed by atoms with Crippen molar-refractivity contribution in [3.63, 3.8) is 0 Å². The molecular formula is C22H29NO4. The third-order valence-corrected chi connectivity index (χ3v) is 4.15. The normalized spacial score (nSPS) is 10.5. The maximum absolute atomic E-state index is 12.6. The lowest BCUT2D eigenvalue weighted by Gasteiger charge is -2.13. The highest BCUT2D eigenvalue weighted by atomic mass is 16.5. The van der Waals surface area contributed by atoms with Crippen molar-refractivity contribution >= 4 is 5.91 Å². The Morgan fingerprint density at radius 2 is 1.85 bits per heavy atom. The van der Waals surface area contributed by atoms with Crippen LogP contribution in [-0.4, -0.2) is 26.2 Å². The number of ether oxygens (including phenoxy) is 3. The van der Waals surface area contributed by atoms with E-state index in [4.69, 9.17) is 14.2 Å². The van der Waals surface area contributed by atoms with Crippen LogP contribution in [0.2, 0.25) is 0 Å². The van der Waals surface area contributed by atoms with Crippen LogP contribution in [0.3, 0.4) is 0 Å². The summed E-state index contributed by atoms with van der Waals surface area (Å²) in [5.41, 5.74) is 2.41. The monoisotopic (exact) mass is 371 g/mol. The lowest BCUT2D eigenvalue weighted by molar-refractivity contribution is 0.0949. The number of carbonyl (C=O) groups excluding carboxylic acids is 1. The molecule has 0 saturated carbocycles. The molecule has 146 valence electrons. The van der Waals surface area contributed by atoms with Crippen molar-refractivity contribution in [1.29, 1.82) is 0 Å². The van der Waals surface area contributed by atoms with E-state index in [1.54, 1.807) is 13.2 Å². The zero-order valence-electron chi connectivity index (χ0n) is 16.4. The number of amides is 1. The number of rotatable bonds is 11. The van der Waals surface area contributed by atoms with Crippen LogP contribution in [0.25, 0.3) is 0 Å². The van der Waals surface area contributed by atoms with Crippen LogP contribution < -0.4 is 14.8 Å². The molecule has 2 aromatic rings. The molecule has 0 bridgehead atoms. The molecule has 0 fully saturated rings. The molecule has 0 radical (unpaired) electrons. The number of hydrogen-bond acceptors (Lipinski definition) is 4. The Kier molecular flexibility index (Phi) is 8.65. The number of nitrogens with one attached hydrogen (secondary N) is 1. The van der Waals surface area contributed by atoms with E-state index in [1.165, 1.54) is 0 Å². The maximum atomic E-state index is 12.6. The fourth-order valence-electron chi connectivity index (χ4n) is 2.68. The minimum Gasteiger partial charge on any atom is -0.496 e. The van der Waals surface area contributed by atoms with Gasteiger partial charge in [-0.25, -0.2) is 0 Å². The number of unbranched alkanes of at least 4 members (excludes halogenated alkanes) is 1. The van der Waals surface area contributed by atoms with Crippen molar-refractivity contribution in [2.45, 2.75) is 39.8 Å². The Hall–Kier alpha value is -2.53. The average Bonchev–Trinajstić information content (AvgIpc) is 2.70. The first-order valence-electron chi connectivity index (χ1n) is 9.43. The van der Waals surface area contributed by atoms with E-state index in [-0.39, 0.29) is 5.91 Å². The van der Waals surface area contributed by atoms with Gasteiger partial charge >= 0.3 is 0 Å². The van der Waals surface area contributed by atoms with Crippen LogP contribution in [-0.2, 0) is 17.9 Å². The minimum absolute atomic E-state index is 0.140. The summed E-state index contributed by atoms with van der Waals surface area (Å²) in [4.78, 5) is 12.6. The fourth-order valence-corrected chi connectivity index (χ4v) is 2.68. The summed E-state index contributed by atoms with van der Waals surface area (Å²) in [5.74, 6) is 1.38. The van der Waals surface area contributed by atoms with Crippen LogP contribution in [0, 0.1) is 0 Å². The Labute approximate surface area is 161 Å². The number of benzene rings is 2. The lowest BCUT2D eigenvalue weighted by atomic mass is 10.1. The predicted octanol–water partition coefficient (Wildman–Crippen LogP) is 4.34. The second kappa shape index (κ2) is 11.2. The molecule has 0 spiro atoms. The molecule has 0 aliphatic rings. The highest BCUT2D eigenvalue weighted by Crippen LogP contribution is 2.22. The zero-order chi connectivity index (χ0) is 19.5. The van der Waals surface area contributed by atoms with Gasteiger partial charge in [-0.2, -0.15) is 0 Å². The number of carbonyl (C=O) groups is 1. The third kappa shape index (κ3) is 6.29. The summed E-state index contributed by atoms with van der Waals surface area (Å²) in [5, 5.41) is 2.94. The Morgan fingerprint density at radius 1 is 1.04 bits per heavy atom. The van der Waals surface area contributed by atoms with E-state index < -0.39 is 0 Å². The molecule has 0 aliphatic carbocycles. The first-order valence-corrected chi connectivity index (χ1v) is 9.43. The Balaban J connectivity index is 2.06. The molecule has 2 aromatic carbocycles. The molecule has 5 nitrogen and oxygen atoms in total. The van der Waals surface area contributed by atoms with Gasteiger partial charge in [-0.3, -0.25) is 4.79 Å². The molecular weight excluding hydrogens is 342 g/mol. The van der Waals surface area contributed by atoms with Crippen LogP contribution in [0.15, 0.2) is 42.5 Å². The van der Waals surface area contributed by atoms with Gasteiger partial charge in [0.05, 0.1) is 20.3 Å². The molecule has 27 heavy (non-hydrogen) atoms. The number of hydrogen-bond donors (Lipinski definition) is 1. The molecule has 0 aliphatic heterocycles. The van der Waals surface area contributed by atoms with Crippen molar-refractivity contribution in [1.82, 2.24) is 5.32 Å². The van der Waals surface area contributed by atoms with Crippen LogP contribution in [0.4, 0.5) is 0 Å². The first kappa shape index (κ1) is 20.8. The minimum atomic E-state index is -0.140. The molecule has 0 heterocycles. The summed E-state index contributed by atoms with van der Waals surface area (Å²) in [7, 11) is 1.62. The summed E-state index contributed by atoms with van der Waals surface area (Å²) in [6, 6.07) is 13.1. The standard InChI is InChI=1S/C22H29NO4/c1-4-6-13-26-16-19-14-17(11-12-21(19)27-5-2)22(24)23-15-18-9-7-8-10-20(18)25-3/h7-12,14H,4-6,13,15-16H2,1-3H3,(H,23,24). The molecule has 0 aromatic heterocycles. The highest BCUT2D eigenvalue weighted by molar-refractivity contribution is 5.94. The summed E-state index contributed by atoms with van der Waals surface area (Å²) in [6.07, 6.45) is 2.10. The third-order valence-electron chi connectivity index (χ3n) is 4.15. The number of methoxy groups -OCH3 is 1. The zero-order valence-corrected chi connectivity index (χ0v) is 16.4.